The number of amides is 1. The zero-order valence-corrected chi connectivity index (χ0v) is 20.6. The number of aliphatic hydroxyl groups is 1. The van der Waals surface area contributed by atoms with Crippen LogP contribution in [0, 0.1) is 6.92 Å². The Hall–Kier alpha value is -3.40. The maximum Gasteiger partial charge on any atom is 0.410 e. The Morgan fingerprint density at radius 1 is 1.17 bits per heavy atom. The molecule has 3 atom stereocenters. The van der Waals surface area contributed by atoms with Gasteiger partial charge in [0.25, 0.3) is 0 Å². The van der Waals surface area contributed by atoms with Crippen molar-refractivity contribution in [3.8, 4) is 0 Å². The summed E-state index contributed by atoms with van der Waals surface area (Å²) in [5, 5.41) is 24.5. The van der Waals surface area contributed by atoms with E-state index in [2.05, 4.69) is 25.8 Å². The van der Waals surface area contributed by atoms with Gasteiger partial charge in [-0.25, -0.2) is 9.78 Å². The second-order valence-corrected chi connectivity index (χ2v) is 10.5. The first-order chi connectivity index (χ1) is 16.7. The van der Waals surface area contributed by atoms with E-state index in [0.29, 0.717) is 17.3 Å². The SMILES string of the molecule is Cc1cc(Nc2cc3nc(CO)ccc3c(N[C@@H]3C[C@H]4CC[C@@H](C3)N4C(=O)OC(C)(C)C)n2)n[nH]1. The third kappa shape index (κ3) is 5.02. The number of anilines is 3. The summed E-state index contributed by atoms with van der Waals surface area (Å²) >= 11 is 0. The Bertz CT molecular complexity index is 1220. The summed E-state index contributed by atoms with van der Waals surface area (Å²) in [6, 6.07) is 7.99. The minimum absolute atomic E-state index is 0.130. The summed E-state index contributed by atoms with van der Waals surface area (Å²) in [6.45, 7) is 7.51. The van der Waals surface area contributed by atoms with Crippen LogP contribution in [0.2, 0.25) is 0 Å². The number of fused-ring (bicyclic) bond motifs is 3. The number of hydrogen-bond acceptors (Lipinski definition) is 8. The second-order valence-electron chi connectivity index (χ2n) is 10.5. The molecule has 10 nitrogen and oxygen atoms in total. The van der Waals surface area contributed by atoms with E-state index in [1.54, 1.807) is 0 Å². The summed E-state index contributed by atoms with van der Waals surface area (Å²) in [4.78, 5) is 24.2. The Morgan fingerprint density at radius 3 is 2.54 bits per heavy atom. The number of pyridine rings is 2. The molecule has 0 radical (unpaired) electrons. The summed E-state index contributed by atoms with van der Waals surface area (Å²) in [7, 11) is 0. The van der Waals surface area contributed by atoms with Gasteiger partial charge in [-0.3, -0.25) is 10.1 Å². The number of piperidine rings is 1. The van der Waals surface area contributed by atoms with Crippen molar-refractivity contribution in [1.29, 1.82) is 0 Å². The van der Waals surface area contributed by atoms with Gasteiger partial charge in [-0.2, -0.15) is 5.10 Å². The standard InChI is InChI=1S/C25H33N7O3/c1-14-9-22(31-30-14)28-21-12-20-19(8-5-15(13-33)26-20)23(29-21)27-16-10-17-6-7-18(11-16)32(17)24(34)35-25(2,3)4/h5,8-9,12,16-18,33H,6-7,10-11,13H2,1-4H3,(H3,27,28,29,30,31)/t16-,17-,18+. The molecular weight excluding hydrogens is 446 g/mol. The van der Waals surface area contributed by atoms with E-state index >= 15 is 0 Å². The van der Waals surface area contributed by atoms with Crippen molar-refractivity contribution in [1.82, 2.24) is 25.1 Å². The van der Waals surface area contributed by atoms with Gasteiger partial charge in [0.05, 0.1) is 17.8 Å². The lowest BCUT2D eigenvalue weighted by Crippen LogP contribution is -2.51. The van der Waals surface area contributed by atoms with Crippen LogP contribution in [0.5, 0.6) is 0 Å². The first kappa shape index (κ1) is 23.3. The lowest BCUT2D eigenvalue weighted by molar-refractivity contribution is 0.00683. The topological polar surface area (TPSA) is 128 Å². The Labute approximate surface area is 204 Å². The van der Waals surface area contributed by atoms with Crippen LogP contribution in [0.25, 0.3) is 10.9 Å². The number of aromatic nitrogens is 4. The fourth-order valence-corrected chi connectivity index (χ4v) is 5.15. The van der Waals surface area contributed by atoms with Crippen molar-refractivity contribution in [2.45, 2.75) is 83.7 Å². The van der Waals surface area contributed by atoms with Crippen LogP contribution in [0.3, 0.4) is 0 Å². The largest absolute Gasteiger partial charge is 0.444 e. The molecule has 0 aromatic carbocycles. The predicted octanol–water partition coefficient (Wildman–Crippen LogP) is 4.24. The third-order valence-electron chi connectivity index (χ3n) is 6.55. The van der Waals surface area contributed by atoms with Crippen LogP contribution >= 0.6 is 0 Å². The Kier molecular flexibility index (Phi) is 6.00. The number of hydrogen-bond donors (Lipinski definition) is 4. The van der Waals surface area contributed by atoms with Crippen molar-refractivity contribution >= 4 is 34.4 Å². The Morgan fingerprint density at radius 2 is 1.91 bits per heavy atom. The number of aliphatic hydroxyl groups excluding tert-OH is 1. The number of nitrogens with one attached hydrogen (secondary N) is 3. The van der Waals surface area contributed by atoms with E-state index in [1.807, 2.05) is 56.9 Å². The van der Waals surface area contributed by atoms with E-state index in [4.69, 9.17) is 9.72 Å². The molecular formula is C25H33N7O3. The average molecular weight is 480 g/mol. The predicted molar refractivity (Wildman–Crippen MR) is 134 cm³/mol. The van der Waals surface area contributed by atoms with Crippen molar-refractivity contribution in [2.75, 3.05) is 10.6 Å². The summed E-state index contributed by atoms with van der Waals surface area (Å²) < 4.78 is 5.67. The molecule has 2 saturated heterocycles. The van der Waals surface area contributed by atoms with Crippen LogP contribution in [0.1, 0.15) is 57.8 Å². The molecule has 5 heterocycles. The molecule has 0 saturated carbocycles. The van der Waals surface area contributed by atoms with E-state index in [0.717, 1.165) is 48.1 Å². The van der Waals surface area contributed by atoms with Gasteiger partial charge < -0.3 is 25.4 Å². The van der Waals surface area contributed by atoms with Gasteiger partial charge in [-0.1, -0.05) is 0 Å². The molecule has 1 amide bonds. The van der Waals surface area contributed by atoms with E-state index in [9.17, 15) is 9.90 Å². The molecule has 2 aliphatic rings. The summed E-state index contributed by atoms with van der Waals surface area (Å²) in [5.41, 5.74) is 1.77. The van der Waals surface area contributed by atoms with Gasteiger partial charge in [0.1, 0.15) is 17.2 Å². The second kappa shape index (κ2) is 8.99. The van der Waals surface area contributed by atoms with Crippen molar-refractivity contribution in [2.24, 2.45) is 0 Å². The van der Waals surface area contributed by atoms with Gasteiger partial charge in [0, 0.05) is 41.3 Å². The zero-order valence-electron chi connectivity index (χ0n) is 20.6. The minimum Gasteiger partial charge on any atom is -0.444 e. The van der Waals surface area contributed by atoms with E-state index < -0.39 is 5.60 Å². The van der Waals surface area contributed by atoms with Gasteiger partial charge in [-0.05, 0) is 65.5 Å². The maximum absolute atomic E-state index is 12.8. The van der Waals surface area contributed by atoms with E-state index in [1.165, 1.54) is 0 Å². The highest BCUT2D eigenvalue weighted by Gasteiger charge is 2.45. The molecule has 0 spiro atoms. The van der Waals surface area contributed by atoms with E-state index in [-0.39, 0.29) is 30.8 Å². The van der Waals surface area contributed by atoms with Crippen molar-refractivity contribution in [3.05, 3.63) is 35.7 Å². The van der Waals surface area contributed by atoms with Crippen LogP contribution < -0.4 is 10.6 Å². The zero-order chi connectivity index (χ0) is 24.7. The summed E-state index contributed by atoms with van der Waals surface area (Å²) in [6.07, 6.45) is 3.41. The lowest BCUT2D eigenvalue weighted by Gasteiger charge is -2.39. The number of H-pyrrole nitrogens is 1. The van der Waals surface area contributed by atoms with Crippen LogP contribution in [-0.4, -0.2) is 60.0 Å². The lowest BCUT2D eigenvalue weighted by atomic mass is 9.97. The van der Waals surface area contributed by atoms with Crippen LogP contribution in [0.4, 0.5) is 22.2 Å². The molecule has 2 aliphatic heterocycles. The molecule has 2 fully saturated rings. The van der Waals surface area contributed by atoms with Crippen LogP contribution in [-0.2, 0) is 11.3 Å². The Balaban J connectivity index is 1.39. The fourth-order valence-electron chi connectivity index (χ4n) is 5.15. The molecule has 0 unspecified atom stereocenters. The smallest absolute Gasteiger partial charge is 0.410 e. The normalized spacial score (nSPS) is 21.9. The summed E-state index contributed by atoms with van der Waals surface area (Å²) in [5.74, 6) is 2.01. The molecule has 5 rings (SSSR count). The highest BCUT2D eigenvalue weighted by atomic mass is 16.6. The third-order valence-corrected chi connectivity index (χ3v) is 6.55. The van der Waals surface area contributed by atoms with Crippen LogP contribution in [0.15, 0.2) is 24.3 Å². The quantitative estimate of drug-likeness (QED) is 0.428. The fraction of sp³-hybridized carbons (Fsp3) is 0.520. The van der Waals surface area contributed by atoms with Gasteiger partial charge in [0.15, 0.2) is 5.82 Å². The number of ether oxygens (including phenoxy) is 1. The highest BCUT2D eigenvalue weighted by Crippen LogP contribution is 2.38. The molecule has 10 heteroatoms. The minimum atomic E-state index is -0.505. The number of rotatable bonds is 5. The number of carbonyl (C=O) groups excluding carboxylic acids is 1. The first-order valence-electron chi connectivity index (χ1n) is 12.2. The molecule has 0 aliphatic carbocycles. The number of carbonyl (C=O) groups is 1. The van der Waals surface area contributed by atoms with Crippen molar-refractivity contribution < 1.29 is 14.6 Å². The molecule has 4 N–H and O–H groups in total. The molecule has 2 bridgehead atoms. The monoisotopic (exact) mass is 479 g/mol. The van der Waals surface area contributed by atoms with Gasteiger partial charge >= 0.3 is 6.09 Å². The molecule has 186 valence electrons. The molecule has 3 aromatic rings. The number of nitrogens with zero attached hydrogens (tertiary/aromatic N) is 4. The maximum atomic E-state index is 12.8. The highest BCUT2D eigenvalue weighted by molar-refractivity contribution is 5.91. The first-order valence-corrected chi connectivity index (χ1v) is 12.2. The average Bonchev–Trinajstić information content (AvgIpc) is 3.31. The van der Waals surface area contributed by atoms with Crippen molar-refractivity contribution in [3.63, 3.8) is 0 Å². The van der Waals surface area contributed by atoms with Gasteiger partial charge in [-0.15, -0.1) is 0 Å². The molecule has 3 aromatic heterocycles. The number of aromatic amines is 1. The number of aryl methyl sites for hydroxylation is 1. The molecule has 35 heavy (non-hydrogen) atoms. The van der Waals surface area contributed by atoms with Gasteiger partial charge in [0.2, 0.25) is 0 Å².